The predicted octanol–water partition coefficient (Wildman–Crippen LogP) is 1.44. The van der Waals surface area contributed by atoms with Gasteiger partial charge in [0.05, 0.1) is 30.2 Å². The predicted molar refractivity (Wildman–Crippen MR) is 67.9 cm³/mol. The molecule has 1 aliphatic heterocycles. The summed E-state index contributed by atoms with van der Waals surface area (Å²) in [7, 11) is 0. The van der Waals surface area contributed by atoms with Crippen LogP contribution in [-0.4, -0.2) is 34.8 Å². The molecule has 8 nitrogen and oxygen atoms in total. The van der Waals surface area contributed by atoms with Crippen molar-refractivity contribution in [2.75, 3.05) is 19.8 Å². The van der Waals surface area contributed by atoms with Gasteiger partial charge in [0.2, 0.25) is 0 Å². The van der Waals surface area contributed by atoms with Crippen molar-refractivity contribution < 1.29 is 18.6 Å². The minimum Gasteiger partial charge on any atom is -0.378 e. The first-order chi connectivity index (χ1) is 10.1. The van der Waals surface area contributed by atoms with Gasteiger partial charge >= 0.3 is 0 Å². The summed E-state index contributed by atoms with van der Waals surface area (Å²) in [6.07, 6.45) is 0. The zero-order valence-electron chi connectivity index (χ0n) is 10.8. The molecule has 0 aliphatic carbocycles. The number of ether oxygens (including phenoxy) is 1. The normalized spacial score (nSPS) is 18.6. The average Bonchev–Trinajstić information content (AvgIpc) is 2.97. The van der Waals surface area contributed by atoms with Crippen LogP contribution in [0, 0.1) is 15.9 Å². The van der Waals surface area contributed by atoms with E-state index in [9.17, 15) is 14.5 Å². The van der Waals surface area contributed by atoms with Gasteiger partial charge in [-0.15, -0.1) is 0 Å². The van der Waals surface area contributed by atoms with Crippen LogP contribution >= 0.6 is 0 Å². The second-order valence-corrected chi connectivity index (χ2v) is 4.49. The van der Waals surface area contributed by atoms with Gasteiger partial charge in [-0.1, -0.05) is 5.16 Å². The lowest BCUT2D eigenvalue weighted by molar-refractivity contribution is -0.385. The van der Waals surface area contributed by atoms with E-state index < -0.39 is 10.7 Å². The molecule has 0 radical (unpaired) electrons. The minimum absolute atomic E-state index is 0.0278. The Bertz CT molecular complexity index is 669. The maximum atomic E-state index is 13.4. The third kappa shape index (κ3) is 2.88. The van der Waals surface area contributed by atoms with E-state index in [1.807, 2.05) is 0 Å². The van der Waals surface area contributed by atoms with Crippen molar-refractivity contribution in [1.82, 2.24) is 15.5 Å². The number of nitro groups is 1. The Morgan fingerprint density at radius 2 is 2.29 bits per heavy atom. The van der Waals surface area contributed by atoms with Crippen LogP contribution < -0.4 is 5.32 Å². The van der Waals surface area contributed by atoms with Gasteiger partial charge in [0.15, 0.2) is 5.82 Å². The van der Waals surface area contributed by atoms with E-state index in [1.54, 1.807) is 0 Å². The largest absolute Gasteiger partial charge is 0.378 e. The molecule has 1 aromatic carbocycles. The maximum Gasteiger partial charge on any atom is 0.273 e. The number of aromatic nitrogens is 2. The quantitative estimate of drug-likeness (QED) is 0.674. The van der Waals surface area contributed by atoms with Gasteiger partial charge in [0.25, 0.3) is 11.6 Å². The summed E-state index contributed by atoms with van der Waals surface area (Å²) in [5.41, 5.74) is -0.207. The van der Waals surface area contributed by atoms with Crippen LogP contribution in [0.2, 0.25) is 0 Å². The van der Waals surface area contributed by atoms with Gasteiger partial charge in [-0.2, -0.15) is 4.98 Å². The SMILES string of the molecule is O=[N+]([O-])c1cc(F)cc(-c2nc(C3COCCN3)no2)c1. The number of hydrogen-bond donors (Lipinski definition) is 1. The van der Waals surface area contributed by atoms with E-state index in [4.69, 9.17) is 9.26 Å². The van der Waals surface area contributed by atoms with Crippen molar-refractivity contribution >= 4 is 5.69 Å². The molecular weight excluding hydrogens is 283 g/mol. The molecule has 2 heterocycles. The van der Waals surface area contributed by atoms with Gasteiger partial charge in [-0.3, -0.25) is 10.1 Å². The fourth-order valence-corrected chi connectivity index (χ4v) is 2.03. The second-order valence-electron chi connectivity index (χ2n) is 4.49. The number of benzene rings is 1. The first-order valence-corrected chi connectivity index (χ1v) is 6.23. The summed E-state index contributed by atoms with van der Waals surface area (Å²) in [6, 6.07) is 2.91. The third-order valence-electron chi connectivity index (χ3n) is 3.02. The molecule has 9 heteroatoms. The van der Waals surface area contributed by atoms with Crippen LogP contribution in [0.15, 0.2) is 22.7 Å². The lowest BCUT2D eigenvalue weighted by Crippen LogP contribution is -2.35. The first kappa shape index (κ1) is 13.6. The smallest absolute Gasteiger partial charge is 0.273 e. The maximum absolute atomic E-state index is 13.4. The zero-order chi connectivity index (χ0) is 14.8. The fourth-order valence-electron chi connectivity index (χ4n) is 2.03. The van der Waals surface area contributed by atoms with Gasteiger partial charge in [0, 0.05) is 18.2 Å². The zero-order valence-corrected chi connectivity index (χ0v) is 10.8. The van der Waals surface area contributed by atoms with Crippen LogP contribution in [0.4, 0.5) is 10.1 Å². The van der Waals surface area contributed by atoms with E-state index in [0.29, 0.717) is 25.6 Å². The Morgan fingerprint density at radius 3 is 3.00 bits per heavy atom. The summed E-state index contributed by atoms with van der Waals surface area (Å²) in [5.74, 6) is -0.338. The highest BCUT2D eigenvalue weighted by Gasteiger charge is 2.22. The number of hydrogen-bond acceptors (Lipinski definition) is 7. The molecule has 3 rings (SSSR count). The van der Waals surface area contributed by atoms with E-state index >= 15 is 0 Å². The first-order valence-electron chi connectivity index (χ1n) is 6.23. The second kappa shape index (κ2) is 5.54. The average molecular weight is 294 g/mol. The van der Waals surface area contributed by atoms with Crippen molar-refractivity contribution in [3.63, 3.8) is 0 Å². The molecule has 1 atom stereocenters. The van der Waals surface area contributed by atoms with Gasteiger partial charge in [-0.25, -0.2) is 4.39 Å². The minimum atomic E-state index is -0.738. The third-order valence-corrected chi connectivity index (χ3v) is 3.02. The number of morpholine rings is 1. The number of non-ortho nitro benzene ring substituents is 1. The monoisotopic (exact) mass is 294 g/mol. The molecule has 110 valence electrons. The molecule has 0 saturated carbocycles. The highest BCUT2D eigenvalue weighted by molar-refractivity contribution is 5.57. The molecule has 1 saturated heterocycles. The summed E-state index contributed by atoms with van der Waals surface area (Å²) < 4.78 is 23.7. The molecule has 0 bridgehead atoms. The highest BCUT2D eigenvalue weighted by atomic mass is 19.1. The lowest BCUT2D eigenvalue weighted by Gasteiger charge is -2.20. The van der Waals surface area contributed by atoms with Gasteiger partial charge < -0.3 is 14.6 Å². The number of nitro benzene ring substituents is 1. The molecule has 1 fully saturated rings. The molecule has 1 unspecified atom stereocenters. The van der Waals surface area contributed by atoms with Gasteiger partial charge in [-0.05, 0) is 6.07 Å². The van der Waals surface area contributed by atoms with Crippen molar-refractivity contribution in [1.29, 1.82) is 0 Å². The standard InChI is InChI=1S/C12H11FN4O4/c13-8-3-7(4-9(5-8)17(18)19)12-15-11(16-21-12)10-6-20-2-1-14-10/h3-5,10,14H,1-2,6H2. The van der Waals surface area contributed by atoms with Crippen molar-refractivity contribution in [2.45, 2.75) is 6.04 Å². The Kier molecular flexibility index (Phi) is 3.59. The summed E-state index contributed by atoms with van der Waals surface area (Å²) in [6.45, 7) is 1.68. The molecule has 0 amide bonds. The lowest BCUT2D eigenvalue weighted by atomic mass is 10.2. The van der Waals surface area contributed by atoms with Crippen molar-refractivity contribution in [3.8, 4) is 11.5 Å². The molecule has 1 aliphatic rings. The van der Waals surface area contributed by atoms with Crippen molar-refractivity contribution in [2.24, 2.45) is 0 Å². The van der Waals surface area contributed by atoms with E-state index in [1.165, 1.54) is 6.07 Å². The number of nitrogens with zero attached hydrogens (tertiary/aromatic N) is 3. The van der Waals surface area contributed by atoms with Crippen LogP contribution in [0.3, 0.4) is 0 Å². The van der Waals surface area contributed by atoms with Gasteiger partial charge in [0.1, 0.15) is 5.82 Å². The molecular formula is C12H11FN4O4. The molecule has 1 N–H and O–H groups in total. The molecule has 21 heavy (non-hydrogen) atoms. The van der Waals surface area contributed by atoms with Crippen LogP contribution in [0.5, 0.6) is 0 Å². The topological polar surface area (TPSA) is 103 Å². The molecule has 2 aromatic rings. The number of halogens is 1. The highest BCUT2D eigenvalue weighted by Crippen LogP contribution is 2.25. The van der Waals surface area contributed by atoms with E-state index in [0.717, 1.165) is 12.1 Å². The van der Waals surface area contributed by atoms with Crippen molar-refractivity contribution in [3.05, 3.63) is 40.0 Å². The number of rotatable bonds is 3. The Labute approximate surface area is 118 Å². The Morgan fingerprint density at radius 1 is 1.43 bits per heavy atom. The van der Waals surface area contributed by atoms with Crippen LogP contribution in [0.1, 0.15) is 11.9 Å². The summed E-state index contributed by atoms with van der Waals surface area (Å²) in [5, 5.41) is 17.7. The fraction of sp³-hybridized carbons (Fsp3) is 0.333. The van der Waals surface area contributed by atoms with Crippen LogP contribution in [-0.2, 0) is 4.74 Å². The summed E-state index contributed by atoms with van der Waals surface area (Å²) >= 11 is 0. The molecule has 1 aromatic heterocycles. The van der Waals surface area contributed by atoms with E-state index in [-0.39, 0.29) is 23.2 Å². The van der Waals surface area contributed by atoms with E-state index in [2.05, 4.69) is 15.5 Å². The Hall–Kier alpha value is -2.39. The summed E-state index contributed by atoms with van der Waals surface area (Å²) in [4.78, 5) is 14.2. The van der Waals surface area contributed by atoms with Crippen LogP contribution in [0.25, 0.3) is 11.5 Å². The molecule has 0 spiro atoms. The number of nitrogens with one attached hydrogen (secondary N) is 1. The Balaban J connectivity index is 1.90.